The van der Waals surface area contributed by atoms with Gasteiger partial charge in [0.2, 0.25) is 5.91 Å². The number of amides is 2. The van der Waals surface area contributed by atoms with Crippen LogP contribution in [0.25, 0.3) is 0 Å². The lowest BCUT2D eigenvalue weighted by atomic mass is 10.2. The van der Waals surface area contributed by atoms with Crippen LogP contribution in [0.4, 0.5) is 11.4 Å². The van der Waals surface area contributed by atoms with Gasteiger partial charge >= 0.3 is 0 Å². The number of carbonyl (C=O) groups excluding carboxylic acids is 2. The molecule has 0 aromatic heterocycles. The minimum absolute atomic E-state index is 0.222. The first kappa shape index (κ1) is 16.0. The highest BCUT2D eigenvalue weighted by molar-refractivity contribution is 6.05. The van der Waals surface area contributed by atoms with Crippen LogP contribution in [0.3, 0.4) is 0 Å². The van der Waals surface area contributed by atoms with Crippen molar-refractivity contribution in [1.82, 2.24) is 0 Å². The summed E-state index contributed by atoms with van der Waals surface area (Å²) in [7, 11) is 1.53. The van der Waals surface area contributed by atoms with E-state index in [-0.39, 0.29) is 12.3 Å². The number of hydrogen-bond donors (Lipinski definition) is 2. The second-order valence-corrected chi connectivity index (χ2v) is 4.65. The quantitative estimate of drug-likeness (QED) is 0.888. The third-order valence-electron chi connectivity index (χ3n) is 2.98. The minimum Gasteiger partial charge on any atom is -0.497 e. The normalized spacial score (nSPS) is 9.57. The molecule has 0 aliphatic carbocycles. The van der Waals surface area contributed by atoms with Gasteiger partial charge in [0.1, 0.15) is 12.2 Å². The average Bonchev–Trinajstić information content (AvgIpc) is 2.55. The van der Waals surface area contributed by atoms with E-state index in [4.69, 9.17) is 10.00 Å². The Kier molecular flexibility index (Phi) is 5.31. The fourth-order valence-corrected chi connectivity index (χ4v) is 1.92. The van der Waals surface area contributed by atoms with Crippen molar-refractivity contribution in [3.8, 4) is 11.8 Å². The molecule has 0 unspecified atom stereocenters. The largest absolute Gasteiger partial charge is 0.497 e. The molecule has 2 rings (SSSR count). The average molecular weight is 309 g/mol. The van der Waals surface area contributed by atoms with Crippen molar-refractivity contribution in [1.29, 1.82) is 5.26 Å². The van der Waals surface area contributed by atoms with Gasteiger partial charge in [0.05, 0.1) is 13.2 Å². The Hall–Kier alpha value is -3.33. The smallest absolute Gasteiger partial charge is 0.255 e. The van der Waals surface area contributed by atoms with Gasteiger partial charge in [-0.25, -0.2) is 0 Å². The maximum Gasteiger partial charge on any atom is 0.255 e. The molecule has 0 spiro atoms. The van der Waals surface area contributed by atoms with Gasteiger partial charge < -0.3 is 15.4 Å². The van der Waals surface area contributed by atoms with Crippen molar-refractivity contribution >= 4 is 23.2 Å². The summed E-state index contributed by atoms with van der Waals surface area (Å²) in [6.45, 7) is 0. The molecule has 0 bridgehead atoms. The second kappa shape index (κ2) is 7.61. The first-order valence-electron chi connectivity index (χ1n) is 6.84. The van der Waals surface area contributed by atoms with Crippen molar-refractivity contribution in [2.24, 2.45) is 0 Å². The third-order valence-corrected chi connectivity index (χ3v) is 2.98. The molecular weight excluding hydrogens is 294 g/mol. The van der Waals surface area contributed by atoms with Crippen LogP contribution in [0, 0.1) is 11.3 Å². The van der Waals surface area contributed by atoms with Gasteiger partial charge in [-0.15, -0.1) is 0 Å². The molecule has 2 aromatic rings. The highest BCUT2D eigenvalue weighted by Gasteiger charge is 2.08. The predicted molar refractivity (Wildman–Crippen MR) is 86.2 cm³/mol. The summed E-state index contributed by atoms with van der Waals surface area (Å²) in [6, 6.07) is 15.3. The van der Waals surface area contributed by atoms with Gasteiger partial charge in [-0.05, 0) is 36.4 Å². The van der Waals surface area contributed by atoms with Gasteiger partial charge in [0, 0.05) is 16.9 Å². The number of methoxy groups -OCH3 is 1. The lowest BCUT2D eigenvalue weighted by Crippen LogP contribution is -2.13. The molecule has 0 aliphatic heterocycles. The zero-order chi connectivity index (χ0) is 16.7. The fraction of sp³-hybridized carbons (Fsp3) is 0.118. The summed E-state index contributed by atoms with van der Waals surface area (Å²) in [6.07, 6.45) is -0.222. The molecule has 0 saturated heterocycles. The molecule has 0 heterocycles. The SMILES string of the molecule is COc1cccc(C(=O)Nc2cccc(NC(=O)CC#N)c2)c1. The van der Waals surface area contributed by atoms with Gasteiger partial charge in [-0.3, -0.25) is 9.59 Å². The molecule has 23 heavy (non-hydrogen) atoms. The number of ether oxygens (including phenoxy) is 1. The highest BCUT2D eigenvalue weighted by atomic mass is 16.5. The van der Waals surface area contributed by atoms with Crippen LogP contribution >= 0.6 is 0 Å². The molecule has 2 amide bonds. The molecule has 0 radical (unpaired) electrons. The van der Waals surface area contributed by atoms with Crippen LogP contribution in [0.2, 0.25) is 0 Å². The molecule has 0 fully saturated rings. The van der Waals surface area contributed by atoms with E-state index < -0.39 is 5.91 Å². The summed E-state index contributed by atoms with van der Waals surface area (Å²) >= 11 is 0. The van der Waals surface area contributed by atoms with Crippen molar-refractivity contribution in [3.05, 3.63) is 54.1 Å². The van der Waals surface area contributed by atoms with Crippen LogP contribution in [0.1, 0.15) is 16.8 Å². The Balaban J connectivity index is 2.09. The third kappa shape index (κ3) is 4.58. The second-order valence-electron chi connectivity index (χ2n) is 4.65. The maximum atomic E-state index is 12.2. The number of rotatable bonds is 5. The first-order valence-corrected chi connectivity index (χ1v) is 6.84. The molecule has 0 saturated carbocycles. The first-order chi connectivity index (χ1) is 11.1. The minimum atomic E-state index is -0.399. The Morgan fingerprint density at radius 2 is 1.78 bits per heavy atom. The van der Waals surface area contributed by atoms with Gasteiger partial charge in [0.15, 0.2) is 0 Å². The molecule has 6 heteroatoms. The molecular formula is C17H15N3O3. The van der Waals surface area contributed by atoms with E-state index in [1.807, 2.05) is 0 Å². The lowest BCUT2D eigenvalue weighted by molar-refractivity contribution is -0.115. The summed E-state index contributed by atoms with van der Waals surface area (Å²) < 4.78 is 5.09. The summed E-state index contributed by atoms with van der Waals surface area (Å²) in [5, 5.41) is 13.8. The van der Waals surface area contributed by atoms with Crippen molar-refractivity contribution in [2.45, 2.75) is 6.42 Å². The monoisotopic (exact) mass is 309 g/mol. The number of carbonyl (C=O) groups is 2. The van der Waals surface area contributed by atoms with Crippen LogP contribution in [0.15, 0.2) is 48.5 Å². The van der Waals surface area contributed by atoms with Crippen LogP contribution in [-0.2, 0) is 4.79 Å². The highest BCUT2D eigenvalue weighted by Crippen LogP contribution is 2.18. The van der Waals surface area contributed by atoms with E-state index in [0.717, 1.165) is 0 Å². The predicted octanol–water partition coefficient (Wildman–Crippen LogP) is 2.80. The van der Waals surface area contributed by atoms with E-state index in [9.17, 15) is 9.59 Å². The van der Waals surface area contributed by atoms with Gasteiger partial charge in [-0.2, -0.15) is 5.26 Å². The number of nitrogens with zero attached hydrogens (tertiary/aromatic N) is 1. The van der Waals surface area contributed by atoms with E-state index in [1.54, 1.807) is 54.6 Å². The molecule has 0 atom stereocenters. The Morgan fingerprint density at radius 3 is 2.48 bits per heavy atom. The molecule has 2 N–H and O–H groups in total. The zero-order valence-electron chi connectivity index (χ0n) is 12.5. The number of anilines is 2. The molecule has 116 valence electrons. The fourth-order valence-electron chi connectivity index (χ4n) is 1.92. The zero-order valence-corrected chi connectivity index (χ0v) is 12.5. The summed E-state index contributed by atoms with van der Waals surface area (Å²) in [5.74, 6) is -0.0941. The van der Waals surface area contributed by atoms with Gasteiger partial charge in [-0.1, -0.05) is 12.1 Å². The van der Waals surface area contributed by atoms with E-state index >= 15 is 0 Å². The number of benzene rings is 2. The maximum absolute atomic E-state index is 12.2. The summed E-state index contributed by atoms with van der Waals surface area (Å²) in [4.78, 5) is 23.6. The van der Waals surface area contributed by atoms with Crippen molar-refractivity contribution in [3.63, 3.8) is 0 Å². The Morgan fingerprint density at radius 1 is 1.09 bits per heavy atom. The van der Waals surface area contributed by atoms with Crippen molar-refractivity contribution < 1.29 is 14.3 Å². The number of nitrogens with one attached hydrogen (secondary N) is 2. The van der Waals surface area contributed by atoms with Crippen LogP contribution in [0.5, 0.6) is 5.75 Å². The standard InChI is InChI=1S/C17H15N3O3/c1-23-15-7-2-4-12(10-15)17(22)20-14-6-3-5-13(11-14)19-16(21)8-9-18/h2-7,10-11H,8H2,1H3,(H,19,21)(H,20,22). The molecule has 6 nitrogen and oxygen atoms in total. The molecule has 2 aromatic carbocycles. The Labute approximate surface area is 133 Å². The van der Waals surface area contributed by atoms with Crippen molar-refractivity contribution in [2.75, 3.05) is 17.7 Å². The van der Waals surface area contributed by atoms with E-state index in [1.165, 1.54) is 7.11 Å². The number of hydrogen-bond acceptors (Lipinski definition) is 4. The topological polar surface area (TPSA) is 91.2 Å². The van der Waals surface area contributed by atoms with E-state index in [0.29, 0.717) is 22.7 Å². The van der Waals surface area contributed by atoms with Gasteiger partial charge in [0.25, 0.3) is 5.91 Å². The van der Waals surface area contributed by atoms with Crippen LogP contribution < -0.4 is 15.4 Å². The molecule has 0 aliphatic rings. The van der Waals surface area contributed by atoms with Crippen LogP contribution in [-0.4, -0.2) is 18.9 Å². The number of nitriles is 1. The Bertz CT molecular complexity index is 766. The lowest BCUT2D eigenvalue weighted by Gasteiger charge is -2.09. The summed E-state index contributed by atoms with van der Waals surface area (Å²) in [5.41, 5.74) is 1.50. The van der Waals surface area contributed by atoms with E-state index in [2.05, 4.69) is 10.6 Å².